The molecule has 1 unspecified atom stereocenters. The molecule has 0 heterocycles. The number of rotatable bonds is 7. The summed E-state index contributed by atoms with van der Waals surface area (Å²) in [5.41, 5.74) is 5.03. The van der Waals surface area contributed by atoms with E-state index in [1.807, 2.05) is 12.1 Å². The van der Waals surface area contributed by atoms with Gasteiger partial charge >= 0.3 is 0 Å². The molecule has 1 atom stereocenters. The fraction of sp³-hybridized carbons (Fsp3) is 0.214. The first kappa shape index (κ1) is 21.1. The van der Waals surface area contributed by atoms with Crippen LogP contribution in [0.25, 0.3) is 23.3 Å². The second kappa shape index (κ2) is 10.3. The molecule has 148 valence electrons. The lowest BCUT2D eigenvalue weighted by Gasteiger charge is -2.11. The molecule has 0 aliphatic heterocycles. The van der Waals surface area contributed by atoms with Crippen molar-refractivity contribution in [1.82, 2.24) is 0 Å². The smallest absolute Gasteiger partial charge is 0.0169 e. The van der Waals surface area contributed by atoms with Crippen molar-refractivity contribution < 1.29 is 0 Å². The predicted octanol–water partition coefficient (Wildman–Crippen LogP) is 6.91. The first-order valence-corrected chi connectivity index (χ1v) is 10.8. The third-order valence-corrected chi connectivity index (χ3v) is 6.03. The lowest BCUT2D eigenvalue weighted by Crippen LogP contribution is -2.25. The van der Waals surface area contributed by atoms with E-state index in [-0.39, 0.29) is 0 Å². The van der Waals surface area contributed by atoms with Gasteiger partial charge < -0.3 is 0 Å². The summed E-state index contributed by atoms with van der Waals surface area (Å²) >= 11 is 6.47. The molecule has 3 rings (SSSR count). The molecule has 0 nitrogen and oxygen atoms in total. The Morgan fingerprint density at radius 2 is 1.52 bits per heavy atom. The lowest BCUT2D eigenvalue weighted by atomic mass is 9.95. The van der Waals surface area contributed by atoms with Crippen molar-refractivity contribution in [1.29, 1.82) is 0 Å². The first-order chi connectivity index (χ1) is 14.1. The maximum atomic E-state index is 6.47. The molecule has 0 spiro atoms. The number of allylic oxidation sites excluding steroid dienone is 2. The summed E-state index contributed by atoms with van der Waals surface area (Å²) in [4.78, 5) is 0. The molecular weight excluding hydrogens is 372 g/mol. The average Bonchev–Trinajstić information content (AvgIpc) is 2.77. The zero-order valence-electron chi connectivity index (χ0n) is 17.4. The molecule has 1 heteroatoms. The maximum absolute atomic E-state index is 6.47. The summed E-state index contributed by atoms with van der Waals surface area (Å²) in [6, 6.07) is 27.7. The zero-order valence-corrected chi connectivity index (χ0v) is 18.1. The van der Waals surface area contributed by atoms with E-state index in [1.54, 1.807) is 0 Å². The Balaban J connectivity index is 1.96. The lowest BCUT2D eigenvalue weighted by molar-refractivity contribution is 0.681. The maximum Gasteiger partial charge on any atom is 0.0169 e. The third-order valence-electron chi connectivity index (χ3n) is 5.50. The highest BCUT2D eigenvalue weighted by molar-refractivity contribution is 6.29. The highest BCUT2D eigenvalue weighted by Crippen LogP contribution is 2.25. The summed E-state index contributed by atoms with van der Waals surface area (Å²) in [5.74, 6) is 0.422. The van der Waals surface area contributed by atoms with Crippen LogP contribution in [-0.4, -0.2) is 0 Å². The van der Waals surface area contributed by atoms with Crippen molar-refractivity contribution in [3.8, 4) is 11.1 Å². The number of halogens is 1. The van der Waals surface area contributed by atoms with Gasteiger partial charge in [0.25, 0.3) is 0 Å². The van der Waals surface area contributed by atoms with Crippen LogP contribution in [0.1, 0.15) is 38.7 Å². The molecule has 0 saturated carbocycles. The summed E-state index contributed by atoms with van der Waals surface area (Å²) in [6.45, 7) is 8.60. The SMILES string of the molecule is C=c1ccccc1=C(CCC=C(Cl)C(C)CC)c1ccc(-c2ccccc2)cc1. The topological polar surface area (TPSA) is 0 Å². The van der Waals surface area contributed by atoms with E-state index < -0.39 is 0 Å². The Labute approximate surface area is 179 Å². The summed E-state index contributed by atoms with van der Waals surface area (Å²) in [6.07, 6.45) is 5.10. The molecule has 3 aromatic rings. The molecule has 29 heavy (non-hydrogen) atoms. The minimum absolute atomic E-state index is 0.422. The average molecular weight is 401 g/mol. The molecule has 0 fully saturated rings. The van der Waals surface area contributed by atoms with Crippen molar-refractivity contribution in [3.05, 3.63) is 106 Å². The van der Waals surface area contributed by atoms with Crippen molar-refractivity contribution in [2.75, 3.05) is 0 Å². The van der Waals surface area contributed by atoms with Crippen LogP contribution >= 0.6 is 11.6 Å². The minimum Gasteiger partial charge on any atom is -0.0911 e. The van der Waals surface area contributed by atoms with E-state index in [9.17, 15) is 0 Å². The van der Waals surface area contributed by atoms with E-state index >= 15 is 0 Å². The van der Waals surface area contributed by atoms with Gasteiger partial charge in [0.05, 0.1) is 0 Å². The standard InChI is InChI=1S/C28H29Cl/c1-4-21(2)28(29)16-10-15-27(26-14-9-8-11-22(26)3)25-19-17-24(18-20-25)23-12-6-5-7-13-23/h5-9,11-14,16-21H,3-4,10,15H2,1-2H3. The van der Waals surface area contributed by atoms with Crippen LogP contribution in [0.2, 0.25) is 0 Å². The van der Waals surface area contributed by atoms with Gasteiger partial charge in [-0.3, -0.25) is 0 Å². The molecule has 0 aliphatic carbocycles. The molecule has 0 aliphatic rings. The molecule has 0 amide bonds. The summed E-state index contributed by atoms with van der Waals surface area (Å²) in [5, 5.41) is 3.24. The second-order valence-electron chi connectivity index (χ2n) is 7.52. The molecule has 0 aromatic heterocycles. The van der Waals surface area contributed by atoms with Gasteiger partial charge in [0.1, 0.15) is 0 Å². The van der Waals surface area contributed by atoms with E-state index in [0.29, 0.717) is 5.92 Å². The van der Waals surface area contributed by atoms with Crippen LogP contribution in [0.3, 0.4) is 0 Å². The van der Waals surface area contributed by atoms with Gasteiger partial charge in [0, 0.05) is 5.03 Å². The van der Waals surface area contributed by atoms with Crippen LogP contribution in [0, 0.1) is 5.92 Å². The van der Waals surface area contributed by atoms with Crippen LogP contribution in [0.15, 0.2) is 90.0 Å². The molecular formula is C28H29Cl. The summed E-state index contributed by atoms with van der Waals surface area (Å²) < 4.78 is 0. The van der Waals surface area contributed by atoms with Crippen LogP contribution in [0.4, 0.5) is 0 Å². The Hall–Kier alpha value is -2.57. The van der Waals surface area contributed by atoms with Gasteiger partial charge in [-0.25, -0.2) is 0 Å². The Morgan fingerprint density at radius 1 is 0.897 bits per heavy atom. The molecule has 3 aromatic carbocycles. The highest BCUT2D eigenvalue weighted by atomic mass is 35.5. The zero-order chi connectivity index (χ0) is 20.6. The monoisotopic (exact) mass is 400 g/mol. The third kappa shape index (κ3) is 5.49. The van der Waals surface area contributed by atoms with Gasteiger partial charge in [-0.1, -0.05) is 117 Å². The second-order valence-corrected chi connectivity index (χ2v) is 7.95. The number of hydrogen-bond donors (Lipinski definition) is 0. The van der Waals surface area contributed by atoms with Gasteiger partial charge in [0.2, 0.25) is 0 Å². The first-order valence-electron chi connectivity index (χ1n) is 10.4. The largest absolute Gasteiger partial charge is 0.0911 e. The van der Waals surface area contributed by atoms with Crippen LogP contribution < -0.4 is 10.4 Å². The molecule has 0 saturated heterocycles. The van der Waals surface area contributed by atoms with Crippen molar-refractivity contribution >= 4 is 23.8 Å². The number of benzene rings is 3. The van der Waals surface area contributed by atoms with Gasteiger partial charge in [0.15, 0.2) is 0 Å². The minimum atomic E-state index is 0.422. The predicted molar refractivity (Wildman–Crippen MR) is 128 cm³/mol. The number of hydrogen-bond acceptors (Lipinski definition) is 0. The quantitative estimate of drug-likeness (QED) is 0.404. The van der Waals surface area contributed by atoms with Crippen molar-refractivity contribution in [3.63, 3.8) is 0 Å². The highest BCUT2D eigenvalue weighted by Gasteiger charge is 2.07. The molecule has 0 radical (unpaired) electrons. The van der Waals surface area contributed by atoms with Gasteiger partial charge in [-0.05, 0) is 57.9 Å². The summed E-state index contributed by atoms with van der Waals surface area (Å²) in [7, 11) is 0. The van der Waals surface area contributed by atoms with Crippen LogP contribution in [-0.2, 0) is 0 Å². The molecule has 0 bridgehead atoms. The van der Waals surface area contributed by atoms with E-state index in [0.717, 1.165) is 29.5 Å². The van der Waals surface area contributed by atoms with E-state index in [2.05, 4.69) is 93.2 Å². The van der Waals surface area contributed by atoms with E-state index in [4.69, 9.17) is 11.6 Å². The van der Waals surface area contributed by atoms with Gasteiger partial charge in [-0.2, -0.15) is 0 Å². The normalized spacial score (nSPS) is 13.8. The van der Waals surface area contributed by atoms with E-state index in [1.165, 1.54) is 27.5 Å². The van der Waals surface area contributed by atoms with Crippen molar-refractivity contribution in [2.45, 2.75) is 33.1 Å². The Morgan fingerprint density at radius 3 is 2.17 bits per heavy atom. The fourth-order valence-electron chi connectivity index (χ4n) is 3.49. The molecule has 0 N–H and O–H groups in total. The Kier molecular flexibility index (Phi) is 7.49. The fourth-order valence-corrected chi connectivity index (χ4v) is 3.76. The van der Waals surface area contributed by atoms with Crippen LogP contribution in [0.5, 0.6) is 0 Å². The van der Waals surface area contributed by atoms with Gasteiger partial charge in [-0.15, -0.1) is 0 Å². The Bertz CT molecular complexity index is 1060. The van der Waals surface area contributed by atoms with Crippen molar-refractivity contribution in [2.24, 2.45) is 5.92 Å².